The summed E-state index contributed by atoms with van der Waals surface area (Å²) in [5, 5.41) is 9.59. The minimum absolute atomic E-state index is 0. The Labute approximate surface area is 194 Å². The second kappa shape index (κ2) is 11.6. The van der Waals surface area contributed by atoms with Gasteiger partial charge in [0.15, 0.2) is 5.96 Å². The lowest BCUT2D eigenvalue weighted by atomic mass is 9.90. The van der Waals surface area contributed by atoms with Crippen molar-refractivity contribution >= 4 is 41.5 Å². The van der Waals surface area contributed by atoms with Crippen molar-refractivity contribution in [2.45, 2.75) is 18.8 Å². The zero-order valence-corrected chi connectivity index (χ0v) is 19.9. The van der Waals surface area contributed by atoms with Crippen LogP contribution in [0.2, 0.25) is 0 Å². The van der Waals surface area contributed by atoms with Crippen LogP contribution in [0.1, 0.15) is 23.5 Å². The number of aliphatic imine (C=N–C) groups is 1. The number of hydrogen-bond acceptors (Lipinski definition) is 4. The van der Waals surface area contributed by atoms with E-state index < -0.39 is 0 Å². The van der Waals surface area contributed by atoms with Crippen LogP contribution in [0.25, 0.3) is 0 Å². The van der Waals surface area contributed by atoms with Crippen molar-refractivity contribution in [1.82, 2.24) is 10.6 Å². The molecule has 0 aromatic heterocycles. The smallest absolute Gasteiger partial charge is 0.225 e. The molecular formula is C22H29IN4O3. The summed E-state index contributed by atoms with van der Waals surface area (Å²) in [6, 6.07) is 13.7. The van der Waals surface area contributed by atoms with Crippen molar-refractivity contribution in [3.05, 3.63) is 53.6 Å². The van der Waals surface area contributed by atoms with Crippen LogP contribution < -0.4 is 25.4 Å². The number of carbonyl (C=O) groups is 1. The first-order valence-electron chi connectivity index (χ1n) is 9.68. The van der Waals surface area contributed by atoms with Crippen LogP contribution in [-0.4, -0.2) is 46.2 Å². The maximum absolute atomic E-state index is 12.0. The predicted molar refractivity (Wildman–Crippen MR) is 130 cm³/mol. The van der Waals surface area contributed by atoms with Gasteiger partial charge in [0.1, 0.15) is 11.5 Å². The monoisotopic (exact) mass is 524 g/mol. The second-order valence-corrected chi connectivity index (χ2v) is 6.84. The number of nitrogens with zero attached hydrogens (tertiary/aromatic N) is 1. The molecule has 0 saturated carbocycles. The molecular weight excluding hydrogens is 495 g/mol. The van der Waals surface area contributed by atoms with Crippen molar-refractivity contribution in [3.8, 4) is 11.5 Å². The Bertz CT molecular complexity index is 888. The molecule has 0 fully saturated rings. The SMILES string of the molecule is CN=C(NCCc1cc(OC)ccc1OC)NCC1CC(=O)Nc2ccccc21.I. The van der Waals surface area contributed by atoms with E-state index in [1.165, 1.54) is 0 Å². The molecule has 1 aliphatic rings. The Hall–Kier alpha value is -2.49. The molecule has 0 radical (unpaired) electrons. The number of guanidine groups is 1. The van der Waals surface area contributed by atoms with E-state index in [2.05, 4.69) is 27.0 Å². The normalized spacial score (nSPS) is 15.4. The average molecular weight is 524 g/mol. The highest BCUT2D eigenvalue weighted by Gasteiger charge is 2.24. The molecule has 1 unspecified atom stereocenters. The van der Waals surface area contributed by atoms with E-state index in [4.69, 9.17) is 9.47 Å². The highest BCUT2D eigenvalue weighted by atomic mass is 127. The first kappa shape index (κ1) is 23.8. The Kier molecular flexibility index (Phi) is 9.22. The van der Waals surface area contributed by atoms with Crippen molar-refractivity contribution in [2.75, 3.05) is 39.7 Å². The van der Waals surface area contributed by atoms with Crippen LogP contribution in [0.3, 0.4) is 0 Å². The van der Waals surface area contributed by atoms with Gasteiger partial charge in [-0.05, 0) is 41.8 Å². The van der Waals surface area contributed by atoms with Gasteiger partial charge in [-0.2, -0.15) is 0 Å². The lowest BCUT2D eigenvalue weighted by Gasteiger charge is -2.26. The Morgan fingerprint density at radius 2 is 1.97 bits per heavy atom. The molecule has 7 nitrogen and oxygen atoms in total. The number of amides is 1. The topological polar surface area (TPSA) is 84.0 Å². The molecule has 162 valence electrons. The van der Waals surface area contributed by atoms with Crippen molar-refractivity contribution in [2.24, 2.45) is 4.99 Å². The van der Waals surface area contributed by atoms with Gasteiger partial charge in [0.05, 0.1) is 14.2 Å². The van der Waals surface area contributed by atoms with E-state index in [9.17, 15) is 4.79 Å². The van der Waals surface area contributed by atoms with Crippen molar-refractivity contribution in [3.63, 3.8) is 0 Å². The summed E-state index contributed by atoms with van der Waals surface area (Å²) in [5.41, 5.74) is 3.10. The predicted octanol–water partition coefficient (Wildman–Crippen LogP) is 3.16. The van der Waals surface area contributed by atoms with Gasteiger partial charge >= 0.3 is 0 Å². The summed E-state index contributed by atoms with van der Waals surface area (Å²) in [6.07, 6.45) is 1.22. The Morgan fingerprint density at radius 3 is 2.70 bits per heavy atom. The third-order valence-electron chi connectivity index (χ3n) is 5.02. The Morgan fingerprint density at radius 1 is 1.17 bits per heavy atom. The zero-order valence-electron chi connectivity index (χ0n) is 17.5. The first-order valence-corrected chi connectivity index (χ1v) is 9.68. The van der Waals surface area contributed by atoms with E-state index in [1.54, 1.807) is 21.3 Å². The number of anilines is 1. The molecule has 2 aromatic rings. The van der Waals surface area contributed by atoms with Gasteiger partial charge in [0.2, 0.25) is 5.91 Å². The van der Waals surface area contributed by atoms with Crippen LogP contribution in [0.4, 0.5) is 5.69 Å². The molecule has 3 N–H and O–H groups in total. The Balaban J connectivity index is 0.00000320. The molecule has 0 saturated heterocycles. The van der Waals surface area contributed by atoms with E-state index in [0.29, 0.717) is 25.5 Å². The molecule has 1 aliphatic heterocycles. The van der Waals surface area contributed by atoms with E-state index >= 15 is 0 Å². The maximum Gasteiger partial charge on any atom is 0.225 e. The third-order valence-corrected chi connectivity index (χ3v) is 5.02. The molecule has 30 heavy (non-hydrogen) atoms. The van der Waals surface area contributed by atoms with Crippen LogP contribution in [0, 0.1) is 0 Å². The fourth-order valence-corrected chi connectivity index (χ4v) is 3.52. The van der Waals surface area contributed by atoms with Gasteiger partial charge in [0, 0.05) is 38.2 Å². The van der Waals surface area contributed by atoms with Gasteiger partial charge in [-0.3, -0.25) is 9.79 Å². The molecule has 1 atom stereocenters. The van der Waals surface area contributed by atoms with Crippen LogP contribution in [0.15, 0.2) is 47.5 Å². The number of ether oxygens (including phenoxy) is 2. The third kappa shape index (κ3) is 6.01. The summed E-state index contributed by atoms with van der Waals surface area (Å²) < 4.78 is 10.7. The zero-order chi connectivity index (χ0) is 20.6. The largest absolute Gasteiger partial charge is 0.497 e. The van der Waals surface area contributed by atoms with E-state index in [1.807, 2.05) is 36.4 Å². The number of para-hydroxylation sites is 1. The van der Waals surface area contributed by atoms with Gasteiger partial charge in [-0.25, -0.2) is 0 Å². The maximum atomic E-state index is 12.0. The molecule has 2 aromatic carbocycles. The standard InChI is InChI=1S/C22H28N4O3.HI/c1-23-22(24-11-10-15-12-17(28-2)8-9-20(15)29-3)25-14-16-13-21(27)26-19-7-5-4-6-18(16)19;/h4-9,12,16H,10-11,13-14H2,1-3H3,(H,26,27)(H2,23,24,25);1H. The molecule has 0 aliphatic carbocycles. The number of rotatable bonds is 7. The quantitative estimate of drug-likeness (QED) is 0.295. The molecule has 0 spiro atoms. The van der Waals surface area contributed by atoms with Gasteiger partial charge in [-0.15, -0.1) is 24.0 Å². The summed E-state index contributed by atoms with van der Waals surface area (Å²) in [5.74, 6) is 2.49. The molecule has 3 rings (SSSR count). The van der Waals surface area contributed by atoms with E-state index in [0.717, 1.165) is 34.7 Å². The van der Waals surface area contributed by atoms with Crippen LogP contribution in [-0.2, 0) is 11.2 Å². The molecule has 1 heterocycles. The number of halogens is 1. The number of methoxy groups -OCH3 is 2. The molecule has 0 bridgehead atoms. The van der Waals surface area contributed by atoms with Crippen molar-refractivity contribution in [1.29, 1.82) is 0 Å². The highest BCUT2D eigenvalue weighted by molar-refractivity contribution is 14.0. The molecule has 1 amide bonds. The van der Waals surface area contributed by atoms with E-state index in [-0.39, 0.29) is 35.8 Å². The number of benzene rings is 2. The number of fused-ring (bicyclic) bond motifs is 1. The number of hydrogen-bond donors (Lipinski definition) is 3. The fraction of sp³-hybridized carbons (Fsp3) is 0.364. The number of nitrogens with one attached hydrogen (secondary N) is 3. The first-order chi connectivity index (χ1) is 14.1. The van der Waals surface area contributed by atoms with Gasteiger partial charge < -0.3 is 25.4 Å². The summed E-state index contributed by atoms with van der Waals surface area (Å²) in [6.45, 7) is 1.32. The minimum Gasteiger partial charge on any atom is -0.497 e. The van der Waals surface area contributed by atoms with Gasteiger partial charge in [-0.1, -0.05) is 18.2 Å². The lowest BCUT2D eigenvalue weighted by molar-refractivity contribution is -0.116. The van der Waals surface area contributed by atoms with Crippen LogP contribution in [0.5, 0.6) is 11.5 Å². The molecule has 8 heteroatoms. The second-order valence-electron chi connectivity index (χ2n) is 6.84. The number of carbonyl (C=O) groups excluding carboxylic acids is 1. The van der Waals surface area contributed by atoms with Crippen LogP contribution >= 0.6 is 24.0 Å². The average Bonchev–Trinajstić information content (AvgIpc) is 2.75. The fourth-order valence-electron chi connectivity index (χ4n) is 3.52. The summed E-state index contributed by atoms with van der Waals surface area (Å²) >= 11 is 0. The van der Waals surface area contributed by atoms with Crippen molar-refractivity contribution < 1.29 is 14.3 Å². The van der Waals surface area contributed by atoms with Gasteiger partial charge in [0.25, 0.3) is 0 Å². The summed E-state index contributed by atoms with van der Waals surface area (Å²) in [7, 11) is 5.06. The lowest BCUT2D eigenvalue weighted by Crippen LogP contribution is -2.41. The highest BCUT2D eigenvalue weighted by Crippen LogP contribution is 2.31. The summed E-state index contributed by atoms with van der Waals surface area (Å²) in [4.78, 5) is 16.3. The minimum atomic E-state index is 0.